The molecule has 0 aromatic carbocycles. The predicted molar refractivity (Wildman–Crippen MR) is 71.0 cm³/mol. The van der Waals surface area contributed by atoms with Crippen LogP contribution in [0.1, 0.15) is 40.0 Å². The molecule has 0 aliphatic heterocycles. The first-order valence-electron chi connectivity index (χ1n) is 6.11. The van der Waals surface area contributed by atoms with Crippen LogP contribution < -0.4 is 4.74 Å². The Balaban J connectivity index is 2.49. The van der Waals surface area contributed by atoms with Gasteiger partial charge in [0, 0.05) is 25.1 Å². The third-order valence-electron chi connectivity index (χ3n) is 2.35. The van der Waals surface area contributed by atoms with Crippen LogP contribution in [0.3, 0.4) is 0 Å². The lowest BCUT2D eigenvalue weighted by Crippen LogP contribution is -2.20. The molecule has 0 radical (unpaired) electrons. The second kappa shape index (κ2) is 6.80. The Morgan fingerprint density at radius 3 is 2.78 bits per heavy atom. The molecule has 0 N–H and O–H groups in total. The van der Waals surface area contributed by atoms with Gasteiger partial charge in [-0.15, -0.1) is 11.8 Å². The SMILES string of the molecule is CCC#CCC(C)(C)CC(=O)Oc1ccccn1. The minimum atomic E-state index is -0.267. The third kappa shape index (κ3) is 5.49. The van der Waals surface area contributed by atoms with Gasteiger partial charge in [0.15, 0.2) is 0 Å². The maximum Gasteiger partial charge on any atom is 0.313 e. The summed E-state index contributed by atoms with van der Waals surface area (Å²) in [6, 6.07) is 5.23. The van der Waals surface area contributed by atoms with E-state index < -0.39 is 0 Å². The normalized spacial score (nSPS) is 10.4. The number of carbonyl (C=O) groups is 1. The first-order valence-corrected chi connectivity index (χ1v) is 6.11. The second-order valence-electron chi connectivity index (χ2n) is 4.87. The minimum absolute atomic E-state index is 0.173. The summed E-state index contributed by atoms with van der Waals surface area (Å²) >= 11 is 0. The fraction of sp³-hybridized carbons (Fsp3) is 0.467. The number of hydrogen-bond acceptors (Lipinski definition) is 3. The number of aromatic nitrogens is 1. The van der Waals surface area contributed by atoms with Gasteiger partial charge >= 0.3 is 5.97 Å². The highest BCUT2D eigenvalue weighted by molar-refractivity contribution is 5.72. The molecule has 0 saturated carbocycles. The Morgan fingerprint density at radius 2 is 2.17 bits per heavy atom. The molecule has 1 heterocycles. The van der Waals surface area contributed by atoms with Gasteiger partial charge in [0.1, 0.15) is 0 Å². The maximum absolute atomic E-state index is 11.8. The lowest BCUT2D eigenvalue weighted by Gasteiger charge is -2.20. The highest BCUT2D eigenvalue weighted by Gasteiger charge is 2.22. The molecule has 0 atom stereocenters. The first kappa shape index (κ1) is 14.2. The van der Waals surface area contributed by atoms with Crippen LogP contribution in [0.15, 0.2) is 24.4 Å². The van der Waals surface area contributed by atoms with E-state index in [1.165, 1.54) is 0 Å². The van der Waals surface area contributed by atoms with Crippen molar-refractivity contribution in [2.24, 2.45) is 5.41 Å². The van der Waals surface area contributed by atoms with Gasteiger partial charge in [0.2, 0.25) is 5.88 Å². The molecule has 0 bridgehead atoms. The molecule has 0 spiro atoms. The van der Waals surface area contributed by atoms with Gasteiger partial charge in [-0.25, -0.2) is 4.98 Å². The molecule has 1 aromatic rings. The number of esters is 1. The smallest absolute Gasteiger partial charge is 0.313 e. The van der Waals surface area contributed by atoms with Gasteiger partial charge in [-0.3, -0.25) is 4.79 Å². The van der Waals surface area contributed by atoms with Crippen molar-refractivity contribution >= 4 is 5.97 Å². The van der Waals surface area contributed by atoms with Crippen LogP contribution in [0.2, 0.25) is 0 Å². The van der Waals surface area contributed by atoms with E-state index in [9.17, 15) is 4.79 Å². The Hall–Kier alpha value is -1.82. The zero-order chi connectivity index (χ0) is 13.4. The lowest BCUT2D eigenvalue weighted by molar-refractivity contribution is -0.136. The van der Waals surface area contributed by atoms with E-state index in [4.69, 9.17) is 4.74 Å². The summed E-state index contributed by atoms with van der Waals surface area (Å²) < 4.78 is 5.16. The average Bonchev–Trinajstić information content (AvgIpc) is 2.29. The summed E-state index contributed by atoms with van der Waals surface area (Å²) in [4.78, 5) is 15.7. The molecule has 0 saturated heterocycles. The Bertz CT molecular complexity index is 441. The van der Waals surface area contributed by atoms with Crippen LogP contribution in [-0.4, -0.2) is 11.0 Å². The lowest BCUT2D eigenvalue weighted by atomic mass is 9.86. The monoisotopic (exact) mass is 245 g/mol. The Labute approximate surface area is 109 Å². The van der Waals surface area contributed by atoms with Crippen LogP contribution in [0.25, 0.3) is 0 Å². The van der Waals surface area contributed by atoms with Gasteiger partial charge in [-0.2, -0.15) is 0 Å². The molecule has 96 valence electrons. The molecule has 0 amide bonds. The van der Waals surface area contributed by atoms with Crippen LogP contribution in [0.5, 0.6) is 5.88 Å². The van der Waals surface area contributed by atoms with Crippen molar-refractivity contribution < 1.29 is 9.53 Å². The van der Waals surface area contributed by atoms with Crippen molar-refractivity contribution in [3.63, 3.8) is 0 Å². The van der Waals surface area contributed by atoms with Gasteiger partial charge in [-0.1, -0.05) is 26.8 Å². The van der Waals surface area contributed by atoms with E-state index in [0.717, 1.165) is 6.42 Å². The van der Waals surface area contributed by atoms with Crippen LogP contribution in [0.4, 0.5) is 0 Å². The molecule has 1 aromatic heterocycles. The fourth-order valence-corrected chi connectivity index (χ4v) is 1.44. The molecular formula is C15H19NO2. The summed E-state index contributed by atoms with van der Waals surface area (Å²) in [5.41, 5.74) is -0.173. The Morgan fingerprint density at radius 1 is 1.39 bits per heavy atom. The van der Waals surface area contributed by atoms with Crippen molar-refractivity contribution in [2.45, 2.75) is 40.0 Å². The molecule has 1 rings (SSSR count). The fourth-order valence-electron chi connectivity index (χ4n) is 1.44. The van der Waals surface area contributed by atoms with Crippen molar-refractivity contribution in [2.75, 3.05) is 0 Å². The molecule has 0 aliphatic carbocycles. The predicted octanol–water partition coefficient (Wildman–Crippen LogP) is 3.21. The van der Waals surface area contributed by atoms with Crippen molar-refractivity contribution in [1.82, 2.24) is 4.98 Å². The van der Waals surface area contributed by atoms with Gasteiger partial charge < -0.3 is 4.74 Å². The Kier molecular flexibility index (Phi) is 5.38. The highest BCUT2D eigenvalue weighted by Crippen LogP contribution is 2.25. The number of ether oxygens (including phenoxy) is 1. The maximum atomic E-state index is 11.8. The largest absolute Gasteiger partial charge is 0.407 e. The standard InChI is InChI=1S/C15H19NO2/c1-4-5-7-10-15(2,3)12-14(17)18-13-9-6-8-11-16-13/h6,8-9,11H,4,10,12H2,1-3H3. The van der Waals surface area contributed by atoms with E-state index >= 15 is 0 Å². The minimum Gasteiger partial charge on any atom is -0.407 e. The van der Waals surface area contributed by atoms with E-state index in [0.29, 0.717) is 18.7 Å². The van der Waals surface area contributed by atoms with Crippen LogP contribution >= 0.6 is 0 Å². The molecule has 18 heavy (non-hydrogen) atoms. The third-order valence-corrected chi connectivity index (χ3v) is 2.35. The van der Waals surface area contributed by atoms with Crippen molar-refractivity contribution in [3.05, 3.63) is 24.4 Å². The molecule has 0 unspecified atom stereocenters. The zero-order valence-electron chi connectivity index (χ0n) is 11.2. The first-order chi connectivity index (χ1) is 8.53. The van der Waals surface area contributed by atoms with E-state index in [1.54, 1.807) is 24.4 Å². The summed E-state index contributed by atoms with van der Waals surface area (Å²) in [5, 5.41) is 0. The van der Waals surface area contributed by atoms with Gasteiger partial charge in [0.05, 0.1) is 6.42 Å². The number of hydrogen-bond donors (Lipinski definition) is 0. The summed E-state index contributed by atoms with van der Waals surface area (Å²) in [5.74, 6) is 6.16. The average molecular weight is 245 g/mol. The van der Waals surface area contributed by atoms with Gasteiger partial charge in [-0.05, 0) is 11.5 Å². The molecular weight excluding hydrogens is 226 g/mol. The van der Waals surface area contributed by atoms with Crippen LogP contribution in [0, 0.1) is 17.3 Å². The summed E-state index contributed by atoms with van der Waals surface area (Å²) in [6.45, 7) is 6.03. The van der Waals surface area contributed by atoms with Crippen molar-refractivity contribution in [1.29, 1.82) is 0 Å². The zero-order valence-corrected chi connectivity index (χ0v) is 11.2. The number of nitrogens with zero attached hydrogens (tertiary/aromatic N) is 1. The summed E-state index contributed by atoms with van der Waals surface area (Å²) in [7, 11) is 0. The molecule has 0 aliphatic rings. The molecule has 3 nitrogen and oxygen atoms in total. The van der Waals surface area contributed by atoms with E-state index in [-0.39, 0.29) is 11.4 Å². The molecule has 3 heteroatoms. The second-order valence-corrected chi connectivity index (χ2v) is 4.87. The number of pyridine rings is 1. The van der Waals surface area contributed by atoms with Gasteiger partial charge in [0.25, 0.3) is 0 Å². The van der Waals surface area contributed by atoms with E-state index in [2.05, 4.69) is 16.8 Å². The van der Waals surface area contributed by atoms with E-state index in [1.807, 2.05) is 20.8 Å². The molecule has 0 fully saturated rings. The number of carbonyl (C=O) groups excluding carboxylic acids is 1. The number of rotatable bonds is 4. The van der Waals surface area contributed by atoms with Crippen LogP contribution in [-0.2, 0) is 4.79 Å². The summed E-state index contributed by atoms with van der Waals surface area (Å²) in [6.07, 6.45) is 3.47. The van der Waals surface area contributed by atoms with Crippen molar-refractivity contribution in [3.8, 4) is 17.7 Å². The quantitative estimate of drug-likeness (QED) is 0.604. The highest BCUT2D eigenvalue weighted by atomic mass is 16.5. The topological polar surface area (TPSA) is 39.2 Å².